The Morgan fingerprint density at radius 2 is 1.86 bits per heavy atom. The maximum absolute atomic E-state index is 13.1. The summed E-state index contributed by atoms with van der Waals surface area (Å²) in [4.78, 5) is 28.5. The quantitative estimate of drug-likeness (QED) is 0.255. The maximum atomic E-state index is 13.1. The first kappa shape index (κ1) is 25.4. The molecule has 0 spiro atoms. The molecule has 1 N–H and O–H groups in total. The molecule has 37 heavy (non-hydrogen) atoms. The van der Waals surface area contributed by atoms with Gasteiger partial charge in [-0.25, -0.2) is 0 Å². The van der Waals surface area contributed by atoms with Crippen LogP contribution in [-0.4, -0.2) is 28.6 Å². The van der Waals surface area contributed by atoms with Crippen LogP contribution < -0.4 is 10.2 Å². The molecule has 1 fully saturated rings. The Morgan fingerprint density at radius 1 is 1.08 bits per heavy atom. The van der Waals surface area contributed by atoms with E-state index < -0.39 is 0 Å². The van der Waals surface area contributed by atoms with Gasteiger partial charge in [0, 0.05) is 40.2 Å². The summed E-state index contributed by atoms with van der Waals surface area (Å²) in [5.41, 5.74) is 4.83. The first-order chi connectivity index (χ1) is 17.9. The molecule has 9 heteroatoms. The lowest BCUT2D eigenvalue weighted by Crippen LogP contribution is -2.24. The number of benzene rings is 3. The number of halogens is 1. The number of hydrogen-bond donors (Lipinski definition) is 1. The molecule has 0 radical (unpaired) electrons. The van der Waals surface area contributed by atoms with Crippen molar-refractivity contribution in [3.05, 3.63) is 99.0 Å². The minimum atomic E-state index is -0.246. The smallest absolute Gasteiger partial charge is 0.258 e. The van der Waals surface area contributed by atoms with Gasteiger partial charge in [0.15, 0.2) is 0 Å². The third kappa shape index (κ3) is 5.71. The van der Waals surface area contributed by atoms with Gasteiger partial charge in [-0.05, 0) is 60.9 Å². The van der Waals surface area contributed by atoms with Crippen LogP contribution in [0.15, 0.2) is 71.6 Å². The molecule has 1 atom stereocenters. The second-order valence-electron chi connectivity index (χ2n) is 8.95. The predicted molar refractivity (Wildman–Crippen MR) is 151 cm³/mol. The van der Waals surface area contributed by atoms with E-state index in [9.17, 15) is 9.59 Å². The maximum Gasteiger partial charge on any atom is 0.258 e. The van der Waals surface area contributed by atoms with Crippen molar-refractivity contribution in [1.29, 1.82) is 0 Å². The Kier molecular flexibility index (Phi) is 7.60. The molecule has 1 unspecified atom stereocenters. The van der Waals surface area contributed by atoms with E-state index in [2.05, 4.69) is 22.4 Å². The molecule has 4 aromatic rings. The van der Waals surface area contributed by atoms with E-state index in [1.165, 1.54) is 16.9 Å². The van der Waals surface area contributed by atoms with Crippen molar-refractivity contribution < 1.29 is 9.59 Å². The molecule has 1 aliphatic heterocycles. The highest BCUT2D eigenvalue weighted by molar-refractivity contribution is 7.98. The molecule has 6 nitrogen and oxygen atoms in total. The number of hydrogen-bond acceptors (Lipinski definition) is 6. The third-order valence-corrected chi connectivity index (χ3v) is 8.90. The van der Waals surface area contributed by atoms with E-state index >= 15 is 0 Å². The Balaban J connectivity index is 1.25. The van der Waals surface area contributed by atoms with Crippen molar-refractivity contribution in [2.45, 2.75) is 36.8 Å². The number of nitrogens with one attached hydrogen (secondary N) is 1. The van der Waals surface area contributed by atoms with Gasteiger partial charge in [0.1, 0.15) is 5.01 Å². The van der Waals surface area contributed by atoms with Crippen molar-refractivity contribution in [1.82, 2.24) is 10.2 Å². The molecule has 1 saturated heterocycles. The Bertz CT molecular complexity index is 1470. The van der Waals surface area contributed by atoms with Crippen LogP contribution in [0.25, 0.3) is 0 Å². The topological polar surface area (TPSA) is 75.2 Å². The first-order valence-electron chi connectivity index (χ1n) is 11.9. The second-order valence-corrected chi connectivity index (χ2v) is 11.4. The summed E-state index contributed by atoms with van der Waals surface area (Å²) < 4.78 is 0. The normalized spacial score (nSPS) is 15.3. The van der Waals surface area contributed by atoms with Crippen LogP contribution in [0, 0.1) is 13.8 Å². The van der Waals surface area contributed by atoms with Crippen molar-refractivity contribution in [3.63, 3.8) is 0 Å². The SMILES string of the molecule is Cc1ccc(N2CC(c3nnc(NC(=O)c4ccccc4SCc4ccccc4Cl)s3)CC2=O)cc1C. The molecule has 0 aliphatic carbocycles. The lowest BCUT2D eigenvalue weighted by atomic mass is 10.1. The molecule has 1 aromatic heterocycles. The van der Waals surface area contributed by atoms with Gasteiger partial charge < -0.3 is 4.90 Å². The van der Waals surface area contributed by atoms with Crippen molar-refractivity contribution >= 4 is 57.3 Å². The van der Waals surface area contributed by atoms with Crippen LogP contribution in [-0.2, 0) is 10.5 Å². The number of carbonyl (C=O) groups excluding carboxylic acids is 2. The number of aromatic nitrogens is 2. The van der Waals surface area contributed by atoms with Crippen LogP contribution >= 0.6 is 34.7 Å². The van der Waals surface area contributed by atoms with Gasteiger partial charge in [0.2, 0.25) is 11.0 Å². The zero-order chi connectivity index (χ0) is 25.9. The fraction of sp³-hybridized carbons (Fsp3) is 0.214. The summed E-state index contributed by atoms with van der Waals surface area (Å²) in [5.74, 6) is 0.415. The zero-order valence-corrected chi connectivity index (χ0v) is 22.8. The highest BCUT2D eigenvalue weighted by atomic mass is 35.5. The molecule has 3 aromatic carbocycles. The number of aryl methyl sites for hydroxylation is 2. The number of amides is 2. The van der Waals surface area contributed by atoms with E-state index in [1.54, 1.807) is 17.8 Å². The highest BCUT2D eigenvalue weighted by Crippen LogP contribution is 2.35. The van der Waals surface area contributed by atoms with Crippen molar-refractivity contribution in [2.24, 2.45) is 0 Å². The van der Waals surface area contributed by atoms with Crippen LogP contribution in [0.4, 0.5) is 10.8 Å². The zero-order valence-electron chi connectivity index (χ0n) is 20.4. The molecule has 5 rings (SSSR count). The number of rotatable bonds is 7. The Hall–Kier alpha value is -3.20. The van der Waals surface area contributed by atoms with Crippen LogP contribution in [0.5, 0.6) is 0 Å². The predicted octanol–water partition coefficient (Wildman–Crippen LogP) is 6.87. The second kappa shape index (κ2) is 11.0. The molecule has 2 heterocycles. The van der Waals surface area contributed by atoms with Gasteiger partial charge in [-0.3, -0.25) is 14.9 Å². The summed E-state index contributed by atoms with van der Waals surface area (Å²) >= 11 is 9.17. The van der Waals surface area contributed by atoms with Gasteiger partial charge >= 0.3 is 0 Å². The summed E-state index contributed by atoms with van der Waals surface area (Å²) in [5, 5.41) is 13.3. The van der Waals surface area contributed by atoms with E-state index in [-0.39, 0.29) is 17.7 Å². The molecule has 188 valence electrons. The Labute approximate surface area is 229 Å². The van der Waals surface area contributed by atoms with E-state index in [1.807, 2.05) is 72.5 Å². The molecule has 0 saturated carbocycles. The standard InChI is InChI=1S/C28H25ClN4O2S2/c1-17-11-12-21(13-18(17)2)33-15-20(14-25(33)34)27-31-32-28(37-27)30-26(35)22-8-4-6-10-24(22)36-16-19-7-3-5-9-23(19)29/h3-13,20H,14-16H2,1-2H3,(H,30,32,35). The van der Waals surface area contributed by atoms with Crippen LogP contribution in [0.3, 0.4) is 0 Å². The fourth-order valence-electron chi connectivity index (χ4n) is 4.18. The van der Waals surface area contributed by atoms with E-state index in [0.29, 0.717) is 34.4 Å². The van der Waals surface area contributed by atoms with Gasteiger partial charge in [0.25, 0.3) is 5.91 Å². The lowest BCUT2D eigenvalue weighted by molar-refractivity contribution is -0.117. The largest absolute Gasteiger partial charge is 0.312 e. The van der Waals surface area contributed by atoms with Crippen LogP contribution in [0.1, 0.15) is 44.4 Å². The molecular formula is C28H25ClN4O2S2. The average molecular weight is 549 g/mol. The fourth-order valence-corrected chi connectivity index (χ4v) is 6.35. The average Bonchev–Trinajstić information content (AvgIpc) is 3.52. The summed E-state index contributed by atoms with van der Waals surface area (Å²) in [6.07, 6.45) is 0.372. The van der Waals surface area contributed by atoms with Crippen LogP contribution in [0.2, 0.25) is 5.02 Å². The summed E-state index contributed by atoms with van der Waals surface area (Å²) in [6, 6.07) is 21.2. The van der Waals surface area contributed by atoms with Crippen molar-refractivity contribution in [2.75, 3.05) is 16.8 Å². The van der Waals surface area contributed by atoms with Gasteiger partial charge in [-0.2, -0.15) is 0 Å². The van der Waals surface area contributed by atoms with Gasteiger partial charge in [-0.15, -0.1) is 22.0 Å². The molecule has 1 aliphatic rings. The monoisotopic (exact) mass is 548 g/mol. The summed E-state index contributed by atoms with van der Waals surface area (Å²) in [6.45, 7) is 4.65. The molecule has 0 bridgehead atoms. The molecule has 2 amide bonds. The first-order valence-corrected chi connectivity index (χ1v) is 14.0. The Morgan fingerprint density at radius 3 is 2.68 bits per heavy atom. The number of carbonyl (C=O) groups is 2. The molecular weight excluding hydrogens is 524 g/mol. The third-order valence-electron chi connectivity index (χ3n) is 6.41. The number of thioether (sulfide) groups is 1. The van der Waals surface area contributed by atoms with Crippen molar-refractivity contribution in [3.8, 4) is 0 Å². The van der Waals surface area contributed by atoms with Gasteiger partial charge in [0.05, 0.1) is 5.56 Å². The number of nitrogens with zero attached hydrogens (tertiary/aromatic N) is 3. The van der Waals surface area contributed by atoms with E-state index in [4.69, 9.17) is 11.6 Å². The van der Waals surface area contributed by atoms with Gasteiger partial charge in [-0.1, -0.05) is 59.3 Å². The highest BCUT2D eigenvalue weighted by Gasteiger charge is 2.34. The lowest BCUT2D eigenvalue weighted by Gasteiger charge is -2.17. The number of anilines is 2. The minimum absolute atomic E-state index is 0.0595. The summed E-state index contributed by atoms with van der Waals surface area (Å²) in [7, 11) is 0. The van der Waals surface area contributed by atoms with E-state index in [0.717, 1.165) is 26.7 Å². The minimum Gasteiger partial charge on any atom is -0.312 e.